The number of nitrogens with two attached hydrogens (primary N) is 1. The van der Waals surface area contributed by atoms with Gasteiger partial charge in [0, 0.05) is 29.9 Å². The summed E-state index contributed by atoms with van der Waals surface area (Å²) in [4.78, 5) is 11.8. The number of hydrogen-bond acceptors (Lipinski definition) is 4. The third-order valence-corrected chi connectivity index (χ3v) is 7.54. The van der Waals surface area contributed by atoms with E-state index in [0.717, 1.165) is 0 Å². The number of halogens is 2. The van der Waals surface area contributed by atoms with Crippen molar-refractivity contribution in [3.63, 3.8) is 0 Å². The Kier molecular flexibility index (Phi) is 6.73. The van der Waals surface area contributed by atoms with Crippen molar-refractivity contribution < 1.29 is 17.9 Å². The summed E-state index contributed by atoms with van der Waals surface area (Å²) in [6.07, 6.45) is 1.24. The Balaban J connectivity index is 1.86. The van der Waals surface area contributed by atoms with E-state index in [0.29, 0.717) is 30.2 Å². The topological polar surface area (TPSA) is 89.7 Å². The van der Waals surface area contributed by atoms with E-state index < -0.39 is 21.3 Å². The minimum atomic E-state index is -3.86. The molecule has 1 aliphatic heterocycles. The number of ether oxygens (including phenoxy) is 1. The highest BCUT2D eigenvalue weighted by Gasteiger charge is 2.42. The number of sulfonamides is 1. The van der Waals surface area contributed by atoms with Crippen LogP contribution in [0.3, 0.4) is 0 Å². The van der Waals surface area contributed by atoms with E-state index in [1.54, 1.807) is 0 Å². The molecule has 29 heavy (non-hydrogen) atoms. The van der Waals surface area contributed by atoms with Crippen LogP contribution in [0.4, 0.5) is 0 Å². The summed E-state index contributed by atoms with van der Waals surface area (Å²) < 4.78 is 33.7. The van der Waals surface area contributed by atoms with Gasteiger partial charge in [0.15, 0.2) is 0 Å². The van der Waals surface area contributed by atoms with Gasteiger partial charge in [0.1, 0.15) is 10.6 Å². The lowest BCUT2D eigenvalue weighted by Crippen LogP contribution is -2.50. The van der Waals surface area contributed by atoms with Gasteiger partial charge in [-0.2, -0.15) is 4.31 Å². The fourth-order valence-electron chi connectivity index (χ4n) is 3.63. The maximum Gasteiger partial charge on any atom is 0.244 e. The van der Waals surface area contributed by atoms with E-state index >= 15 is 0 Å². The molecule has 1 unspecified atom stereocenters. The summed E-state index contributed by atoms with van der Waals surface area (Å²) >= 11 is 12.0. The first-order valence-electron chi connectivity index (χ1n) is 9.13. The van der Waals surface area contributed by atoms with Crippen molar-refractivity contribution in [3.8, 4) is 5.75 Å². The van der Waals surface area contributed by atoms with Crippen LogP contribution in [0.5, 0.6) is 5.75 Å². The van der Waals surface area contributed by atoms with Gasteiger partial charge in [-0.1, -0.05) is 41.4 Å². The zero-order chi connectivity index (χ0) is 21.1. The summed E-state index contributed by atoms with van der Waals surface area (Å²) in [5.41, 5.74) is 4.77. The number of nitrogens with zero attached hydrogens (tertiary/aromatic N) is 1. The van der Waals surface area contributed by atoms with Crippen LogP contribution >= 0.6 is 23.2 Å². The predicted octanol–water partition coefficient (Wildman–Crippen LogP) is 3.72. The number of para-hydroxylation sites is 1. The lowest BCUT2D eigenvalue weighted by Gasteiger charge is -2.41. The summed E-state index contributed by atoms with van der Waals surface area (Å²) in [5.74, 6) is 0.155. The van der Waals surface area contributed by atoms with E-state index in [4.69, 9.17) is 33.7 Å². The van der Waals surface area contributed by atoms with Gasteiger partial charge in [-0.05, 0) is 43.2 Å². The van der Waals surface area contributed by atoms with Crippen molar-refractivity contribution in [2.24, 2.45) is 11.1 Å². The Bertz CT molecular complexity index is 985. The number of amides is 1. The van der Waals surface area contributed by atoms with Gasteiger partial charge in [0.25, 0.3) is 0 Å². The molecule has 3 rings (SSSR count). The Morgan fingerprint density at radius 2 is 1.90 bits per heavy atom. The Labute approximate surface area is 180 Å². The molecule has 1 fully saturated rings. The lowest BCUT2D eigenvalue weighted by molar-refractivity contribution is -0.121. The Morgan fingerprint density at radius 1 is 1.17 bits per heavy atom. The van der Waals surface area contributed by atoms with E-state index in [1.165, 1.54) is 22.5 Å². The monoisotopic (exact) mass is 456 g/mol. The van der Waals surface area contributed by atoms with Crippen molar-refractivity contribution in [1.29, 1.82) is 0 Å². The highest BCUT2D eigenvalue weighted by atomic mass is 35.5. The number of piperidine rings is 1. The molecule has 0 bridgehead atoms. The molecule has 0 spiro atoms. The molecule has 1 saturated heterocycles. The number of carbonyl (C=O) groups excluding carboxylic acids is 1. The fourth-order valence-corrected chi connectivity index (χ4v) is 5.96. The van der Waals surface area contributed by atoms with Crippen LogP contribution in [0.25, 0.3) is 0 Å². The van der Waals surface area contributed by atoms with Gasteiger partial charge in [0.2, 0.25) is 15.9 Å². The van der Waals surface area contributed by atoms with Crippen LogP contribution in [0.2, 0.25) is 10.0 Å². The van der Waals surface area contributed by atoms with E-state index in [-0.39, 0.29) is 29.5 Å². The van der Waals surface area contributed by atoms with Crippen LogP contribution < -0.4 is 10.5 Å². The van der Waals surface area contributed by atoms with E-state index in [9.17, 15) is 13.2 Å². The summed E-state index contributed by atoms with van der Waals surface area (Å²) in [6.45, 7) is 0.623. The average molecular weight is 457 g/mol. The van der Waals surface area contributed by atoms with Gasteiger partial charge >= 0.3 is 0 Å². The molecule has 6 nitrogen and oxygen atoms in total. The molecule has 156 valence electrons. The molecule has 1 heterocycles. The number of primary amides is 1. The number of hydrogen-bond donors (Lipinski definition) is 1. The molecule has 0 aliphatic carbocycles. The first kappa shape index (κ1) is 21.9. The Hall–Kier alpha value is -1.80. The van der Waals surface area contributed by atoms with Crippen LogP contribution in [0.15, 0.2) is 53.4 Å². The molecular formula is C20H22Cl2N2O4S. The summed E-state index contributed by atoms with van der Waals surface area (Å²) in [5, 5.41) is 0.413. The van der Waals surface area contributed by atoms with Crippen LogP contribution in [-0.2, 0) is 14.8 Å². The van der Waals surface area contributed by atoms with Gasteiger partial charge in [0.05, 0.1) is 11.6 Å². The second-order valence-corrected chi connectivity index (χ2v) is 10.0. The Morgan fingerprint density at radius 3 is 2.55 bits per heavy atom. The minimum absolute atomic E-state index is 0.0116. The molecule has 1 aliphatic rings. The molecule has 2 aromatic carbocycles. The third kappa shape index (κ3) is 5.22. The highest BCUT2D eigenvalue weighted by Crippen LogP contribution is 2.38. The standard InChI is InChI=1S/C20H22Cl2N2O4S/c21-15-7-8-18(17(22)11-15)29(26,27)24-10-4-9-20(13-24,12-19(23)25)14-28-16-5-2-1-3-6-16/h1-3,5-8,11H,4,9-10,12-14H2,(H2,23,25). The predicted molar refractivity (Wildman–Crippen MR) is 113 cm³/mol. The zero-order valence-corrected chi connectivity index (χ0v) is 18.0. The molecule has 0 saturated carbocycles. The van der Waals surface area contributed by atoms with Gasteiger partial charge in [-0.3, -0.25) is 4.79 Å². The molecule has 0 radical (unpaired) electrons. The molecule has 0 aromatic heterocycles. The van der Waals surface area contributed by atoms with Crippen LogP contribution in [0.1, 0.15) is 19.3 Å². The molecule has 1 amide bonds. The average Bonchev–Trinajstić information content (AvgIpc) is 2.67. The fraction of sp³-hybridized carbons (Fsp3) is 0.350. The first-order chi connectivity index (χ1) is 13.7. The van der Waals surface area contributed by atoms with E-state index in [1.807, 2.05) is 30.3 Å². The van der Waals surface area contributed by atoms with E-state index in [2.05, 4.69) is 0 Å². The second kappa shape index (κ2) is 8.92. The van der Waals surface area contributed by atoms with Crippen molar-refractivity contribution >= 4 is 39.1 Å². The van der Waals surface area contributed by atoms with Gasteiger partial charge < -0.3 is 10.5 Å². The minimum Gasteiger partial charge on any atom is -0.493 e. The van der Waals surface area contributed by atoms with Crippen molar-refractivity contribution in [2.75, 3.05) is 19.7 Å². The molecule has 2 N–H and O–H groups in total. The first-order valence-corrected chi connectivity index (χ1v) is 11.3. The summed E-state index contributed by atoms with van der Waals surface area (Å²) in [6, 6.07) is 13.5. The van der Waals surface area contributed by atoms with Crippen molar-refractivity contribution in [2.45, 2.75) is 24.2 Å². The zero-order valence-electron chi connectivity index (χ0n) is 15.7. The molecule has 1 atom stereocenters. The highest BCUT2D eigenvalue weighted by molar-refractivity contribution is 7.89. The van der Waals surface area contributed by atoms with Gasteiger partial charge in [-0.15, -0.1) is 0 Å². The normalized spacial score (nSPS) is 20.3. The number of benzene rings is 2. The summed E-state index contributed by atoms with van der Waals surface area (Å²) in [7, 11) is -3.86. The molecular weight excluding hydrogens is 435 g/mol. The van der Waals surface area contributed by atoms with Crippen LogP contribution in [-0.4, -0.2) is 38.3 Å². The van der Waals surface area contributed by atoms with Crippen LogP contribution in [0, 0.1) is 5.41 Å². The van der Waals surface area contributed by atoms with Crippen molar-refractivity contribution in [1.82, 2.24) is 4.31 Å². The lowest BCUT2D eigenvalue weighted by atomic mass is 9.78. The quantitative estimate of drug-likeness (QED) is 0.687. The number of rotatable bonds is 7. The largest absolute Gasteiger partial charge is 0.493 e. The maximum absolute atomic E-state index is 13.2. The SMILES string of the molecule is NC(=O)CC1(COc2ccccc2)CCCN(S(=O)(=O)c2ccc(Cl)cc2Cl)C1. The number of carbonyl (C=O) groups is 1. The smallest absolute Gasteiger partial charge is 0.244 e. The third-order valence-electron chi connectivity index (χ3n) is 4.98. The van der Waals surface area contributed by atoms with Crippen molar-refractivity contribution in [3.05, 3.63) is 58.6 Å². The molecule has 9 heteroatoms. The second-order valence-electron chi connectivity index (χ2n) is 7.26. The molecule has 2 aromatic rings. The van der Waals surface area contributed by atoms with Gasteiger partial charge in [-0.25, -0.2) is 8.42 Å². The maximum atomic E-state index is 13.2.